The fourth-order valence-corrected chi connectivity index (χ4v) is 1.32. The molecular weight excluding hydrogens is 240 g/mol. The van der Waals surface area contributed by atoms with Gasteiger partial charge in [-0.2, -0.15) is 0 Å². The lowest BCUT2D eigenvalue weighted by molar-refractivity contribution is -0.143. The van der Waals surface area contributed by atoms with Gasteiger partial charge < -0.3 is 10.1 Å². The fourth-order valence-electron chi connectivity index (χ4n) is 1.32. The van der Waals surface area contributed by atoms with Crippen LogP contribution in [-0.2, 0) is 23.6 Å². The molecule has 18 heavy (non-hydrogen) atoms. The summed E-state index contributed by atoms with van der Waals surface area (Å²) in [4.78, 5) is 34.5. The Hall–Kier alpha value is -2.12. The smallest absolute Gasteiger partial charge is 0.346 e. The van der Waals surface area contributed by atoms with Gasteiger partial charge in [-0.25, -0.2) is 14.3 Å². The molecular formula is C10H16N4O4. The maximum Gasteiger partial charge on any atom is 0.346 e. The molecule has 0 saturated heterocycles. The summed E-state index contributed by atoms with van der Waals surface area (Å²) in [7, 11) is 2.76. The van der Waals surface area contributed by atoms with Crippen LogP contribution in [-0.4, -0.2) is 33.0 Å². The molecule has 0 fully saturated rings. The number of aryl methyl sites for hydroxylation is 1. The van der Waals surface area contributed by atoms with Gasteiger partial charge in [-0.1, -0.05) is 0 Å². The molecule has 1 heterocycles. The van der Waals surface area contributed by atoms with Gasteiger partial charge in [0.2, 0.25) is 5.82 Å². The molecule has 1 aromatic rings. The third-order valence-corrected chi connectivity index (χ3v) is 2.31. The molecule has 1 unspecified atom stereocenters. The largest absolute Gasteiger partial charge is 0.464 e. The monoisotopic (exact) mass is 256 g/mol. The van der Waals surface area contributed by atoms with Crippen molar-refractivity contribution in [3.63, 3.8) is 0 Å². The van der Waals surface area contributed by atoms with Crippen LogP contribution < -0.4 is 16.6 Å². The van der Waals surface area contributed by atoms with Crippen molar-refractivity contribution in [3.8, 4) is 0 Å². The van der Waals surface area contributed by atoms with Crippen LogP contribution in [0.3, 0.4) is 0 Å². The van der Waals surface area contributed by atoms with E-state index in [2.05, 4.69) is 10.4 Å². The van der Waals surface area contributed by atoms with Crippen LogP contribution >= 0.6 is 0 Å². The number of hydrogen-bond acceptors (Lipinski definition) is 6. The summed E-state index contributed by atoms with van der Waals surface area (Å²) in [6.45, 7) is 3.49. The molecule has 0 saturated carbocycles. The highest BCUT2D eigenvalue weighted by Gasteiger charge is 2.17. The van der Waals surface area contributed by atoms with Gasteiger partial charge in [0.15, 0.2) is 0 Å². The van der Waals surface area contributed by atoms with Crippen molar-refractivity contribution in [2.45, 2.75) is 19.9 Å². The van der Waals surface area contributed by atoms with E-state index in [0.717, 1.165) is 9.25 Å². The predicted molar refractivity (Wildman–Crippen MR) is 64.4 cm³/mol. The summed E-state index contributed by atoms with van der Waals surface area (Å²) in [5.41, 5.74) is -1.12. The summed E-state index contributed by atoms with van der Waals surface area (Å²) in [6, 6.07) is -0.720. The molecule has 0 aliphatic rings. The van der Waals surface area contributed by atoms with Gasteiger partial charge in [0.25, 0.3) is 5.56 Å². The van der Waals surface area contributed by atoms with E-state index in [4.69, 9.17) is 4.74 Å². The zero-order valence-corrected chi connectivity index (χ0v) is 10.8. The van der Waals surface area contributed by atoms with Crippen molar-refractivity contribution in [3.05, 3.63) is 20.8 Å². The minimum atomic E-state index is -0.720. The SMILES string of the molecule is CCOC(=O)C(C)Nc1nn(C)c(=O)n(C)c1=O. The van der Waals surface area contributed by atoms with E-state index in [9.17, 15) is 14.4 Å². The van der Waals surface area contributed by atoms with Crippen molar-refractivity contribution < 1.29 is 9.53 Å². The van der Waals surface area contributed by atoms with Crippen LogP contribution in [0.15, 0.2) is 9.59 Å². The number of rotatable bonds is 4. The molecule has 100 valence electrons. The number of ether oxygens (including phenoxy) is 1. The predicted octanol–water partition coefficient (Wildman–Crippen LogP) is -1.16. The quantitative estimate of drug-likeness (QED) is 0.683. The molecule has 0 amide bonds. The van der Waals surface area contributed by atoms with Gasteiger partial charge in [-0.3, -0.25) is 9.36 Å². The molecule has 8 heteroatoms. The summed E-state index contributed by atoms with van der Waals surface area (Å²) in [5, 5.41) is 6.39. The summed E-state index contributed by atoms with van der Waals surface area (Å²) >= 11 is 0. The van der Waals surface area contributed by atoms with Crippen LogP contribution in [0.25, 0.3) is 0 Å². The summed E-state index contributed by atoms with van der Waals surface area (Å²) in [6.07, 6.45) is 0. The van der Waals surface area contributed by atoms with Crippen molar-refractivity contribution >= 4 is 11.8 Å². The van der Waals surface area contributed by atoms with E-state index >= 15 is 0 Å². The molecule has 8 nitrogen and oxygen atoms in total. The Morgan fingerprint density at radius 3 is 2.61 bits per heavy atom. The van der Waals surface area contributed by atoms with Gasteiger partial charge in [0, 0.05) is 14.1 Å². The highest BCUT2D eigenvalue weighted by Crippen LogP contribution is 1.97. The second-order valence-corrected chi connectivity index (χ2v) is 3.74. The number of hydrogen-bond donors (Lipinski definition) is 1. The standard InChI is InChI=1S/C10H16N4O4/c1-5-18-9(16)6(2)11-7-8(15)13(3)10(17)14(4)12-7/h6H,5H2,1-4H3,(H,11,12). The molecule has 0 aliphatic heterocycles. The second-order valence-electron chi connectivity index (χ2n) is 3.74. The van der Waals surface area contributed by atoms with Gasteiger partial charge >= 0.3 is 11.7 Å². The van der Waals surface area contributed by atoms with E-state index in [1.165, 1.54) is 14.1 Å². The number of carbonyl (C=O) groups is 1. The van der Waals surface area contributed by atoms with Crippen LogP contribution in [0.2, 0.25) is 0 Å². The number of esters is 1. The molecule has 0 aromatic carbocycles. The van der Waals surface area contributed by atoms with Crippen LogP contribution in [0, 0.1) is 0 Å². The third kappa shape index (κ3) is 2.76. The van der Waals surface area contributed by atoms with Crippen molar-refractivity contribution in [1.29, 1.82) is 0 Å². The first-order valence-corrected chi connectivity index (χ1v) is 5.46. The van der Waals surface area contributed by atoms with Crippen molar-refractivity contribution in [2.24, 2.45) is 14.1 Å². The van der Waals surface area contributed by atoms with Crippen LogP contribution in [0.5, 0.6) is 0 Å². The van der Waals surface area contributed by atoms with E-state index in [-0.39, 0.29) is 12.4 Å². The van der Waals surface area contributed by atoms with E-state index in [1.54, 1.807) is 13.8 Å². The molecule has 0 bridgehead atoms. The van der Waals surface area contributed by atoms with Gasteiger partial charge in [0.1, 0.15) is 6.04 Å². The molecule has 1 aromatic heterocycles. The minimum absolute atomic E-state index is 0.0693. The first-order valence-electron chi connectivity index (χ1n) is 5.46. The Labute approximate surface area is 103 Å². The number of aromatic nitrogens is 3. The number of nitrogens with one attached hydrogen (secondary N) is 1. The Morgan fingerprint density at radius 2 is 2.06 bits per heavy atom. The molecule has 0 aliphatic carbocycles. The highest BCUT2D eigenvalue weighted by molar-refractivity contribution is 5.78. The lowest BCUT2D eigenvalue weighted by Gasteiger charge is -2.13. The number of carbonyl (C=O) groups excluding carboxylic acids is 1. The van der Waals surface area contributed by atoms with E-state index < -0.39 is 23.3 Å². The second kappa shape index (κ2) is 5.48. The number of anilines is 1. The van der Waals surface area contributed by atoms with Crippen LogP contribution in [0.4, 0.5) is 5.82 Å². The topological polar surface area (TPSA) is 95.2 Å². The van der Waals surface area contributed by atoms with E-state index in [1.807, 2.05) is 0 Å². The summed E-state index contributed by atoms with van der Waals surface area (Å²) < 4.78 is 6.72. The lowest BCUT2D eigenvalue weighted by Crippen LogP contribution is -2.42. The molecule has 0 spiro atoms. The number of nitrogens with zero attached hydrogens (tertiary/aromatic N) is 3. The Bertz CT molecular complexity index is 560. The molecule has 1 rings (SSSR count). The van der Waals surface area contributed by atoms with Gasteiger partial charge in [-0.05, 0) is 13.8 Å². The highest BCUT2D eigenvalue weighted by atomic mass is 16.5. The van der Waals surface area contributed by atoms with Gasteiger partial charge in [0.05, 0.1) is 6.61 Å². The van der Waals surface area contributed by atoms with E-state index in [0.29, 0.717) is 0 Å². The minimum Gasteiger partial charge on any atom is -0.464 e. The first kappa shape index (κ1) is 13.9. The average Bonchev–Trinajstić information content (AvgIpc) is 2.33. The Morgan fingerprint density at radius 1 is 1.44 bits per heavy atom. The zero-order chi connectivity index (χ0) is 13.9. The van der Waals surface area contributed by atoms with Gasteiger partial charge in [-0.15, -0.1) is 5.10 Å². The molecule has 1 N–H and O–H groups in total. The fraction of sp³-hybridized carbons (Fsp3) is 0.600. The molecule has 0 radical (unpaired) electrons. The normalized spacial score (nSPS) is 12.0. The average molecular weight is 256 g/mol. The summed E-state index contributed by atoms with van der Waals surface area (Å²) in [5.74, 6) is -0.560. The van der Waals surface area contributed by atoms with Crippen molar-refractivity contribution in [2.75, 3.05) is 11.9 Å². The van der Waals surface area contributed by atoms with Crippen LogP contribution in [0.1, 0.15) is 13.8 Å². The Kier molecular flexibility index (Phi) is 4.24. The maximum absolute atomic E-state index is 11.7. The maximum atomic E-state index is 11.7. The first-order chi connectivity index (χ1) is 8.38. The van der Waals surface area contributed by atoms with Crippen molar-refractivity contribution in [1.82, 2.24) is 14.3 Å². The lowest BCUT2D eigenvalue weighted by atomic mass is 10.3. The Balaban J connectivity index is 3.03. The zero-order valence-electron chi connectivity index (χ0n) is 10.8. The third-order valence-electron chi connectivity index (χ3n) is 2.31. The molecule has 1 atom stereocenters.